The van der Waals surface area contributed by atoms with Gasteiger partial charge in [0.15, 0.2) is 5.96 Å². The molecule has 1 aliphatic rings. The maximum absolute atomic E-state index is 6.08. The summed E-state index contributed by atoms with van der Waals surface area (Å²) >= 11 is 12.0. The molecule has 1 aromatic rings. The Hall–Kier alpha value is -0.240. The van der Waals surface area contributed by atoms with E-state index in [1.54, 1.807) is 0 Å². The highest BCUT2D eigenvalue weighted by molar-refractivity contribution is 14.0. The molecule has 23 heavy (non-hydrogen) atoms. The average Bonchev–Trinajstić information content (AvgIpc) is 2.45. The van der Waals surface area contributed by atoms with E-state index in [-0.39, 0.29) is 29.4 Å². The Labute approximate surface area is 165 Å². The fraction of sp³-hybridized carbons (Fsp3) is 0.562. The number of halogens is 3. The third kappa shape index (κ3) is 5.96. The van der Waals surface area contributed by atoms with Crippen LogP contribution in [0.1, 0.15) is 19.4 Å². The lowest BCUT2D eigenvalue weighted by atomic mass is 9.89. The second-order valence-electron chi connectivity index (χ2n) is 6.08. The number of hydrogen-bond donors (Lipinski definition) is 1. The molecule has 0 unspecified atom stereocenters. The van der Waals surface area contributed by atoms with E-state index >= 15 is 0 Å². The van der Waals surface area contributed by atoms with Crippen LogP contribution in [0.4, 0.5) is 0 Å². The van der Waals surface area contributed by atoms with Crippen LogP contribution in [0.25, 0.3) is 0 Å². The van der Waals surface area contributed by atoms with Crippen LogP contribution < -0.4 is 5.32 Å². The second-order valence-corrected chi connectivity index (χ2v) is 6.89. The normalized spacial score (nSPS) is 16.3. The van der Waals surface area contributed by atoms with E-state index in [1.165, 1.54) is 0 Å². The van der Waals surface area contributed by atoms with E-state index in [9.17, 15) is 0 Å². The highest BCUT2D eigenvalue weighted by Crippen LogP contribution is 2.27. The fourth-order valence-electron chi connectivity index (χ4n) is 2.26. The summed E-state index contributed by atoms with van der Waals surface area (Å²) in [6.07, 6.45) is 0. The largest absolute Gasteiger partial charge is 0.380 e. The molecule has 1 aliphatic heterocycles. The van der Waals surface area contributed by atoms with Gasteiger partial charge in [-0.1, -0.05) is 36.2 Å². The molecule has 0 aliphatic carbocycles. The van der Waals surface area contributed by atoms with Crippen molar-refractivity contribution in [2.75, 3.05) is 33.4 Å². The zero-order valence-corrected chi connectivity index (χ0v) is 17.6. The number of benzene rings is 1. The van der Waals surface area contributed by atoms with Crippen molar-refractivity contribution in [3.8, 4) is 0 Å². The van der Waals surface area contributed by atoms with Gasteiger partial charge in [-0.05, 0) is 24.6 Å². The van der Waals surface area contributed by atoms with Crippen LogP contribution in [-0.4, -0.2) is 44.2 Å². The first-order valence-corrected chi connectivity index (χ1v) is 8.20. The Bertz CT molecular complexity index is 550. The molecule has 0 bridgehead atoms. The Balaban J connectivity index is 0.00000264. The SMILES string of the molecule is CCNC(=NCC1(C)COC1)N(C)Cc1ccc(Cl)c(Cl)c1.I. The van der Waals surface area contributed by atoms with E-state index < -0.39 is 0 Å². The predicted octanol–water partition coefficient (Wildman–Crippen LogP) is 4.05. The molecule has 2 rings (SSSR count). The summed E-state index contributed by atoms with van der Waals surface area (Å²) in [7, 11) is 2.02. The second kappa shape index (κ2) is 9.30. The topological polar surface area (TPSA) is 36.9 Å². The van der Waals surface area contributed by atoms with Crippen molar-refractivity contribution in [2.24, 2.45) is 10.4 Å². The summed E-state index contributed by atoms with van der Waals surface area (Å²) < 4.78 is 5.28. The lowest BCUT2D eigenvalue weighted by Gasteiger charge is -2.37. The fourth-order valence-corrected chi connectivity index (χ4v) is 2.58. The summed E-state index contributed by atoms with van der Waals surface area (Å²) in [5.74, 6) is 0.890. The van der Waals surface area contributed by atoms with Crippen LogP contribution in [0.3, 0.4) is 0 Å². The van der Waals surface area contributed by atoms with Gasteiger partial charge < -0.3 is 15.0 Å². The van der Waals surface area contributed by atoms with E-state index in [2.05, 4.69) is 24.1 Å². The Morgan fingerprint density at radius 2 is 2.04 bits per heavy atom. The summed E-state index contributed by atoms with van der Waals surface area (Å²) in [4.78, 5) is 6.82. The molecule has 0 saturated carbocycles. The van der Waals surface area contributed by atoms with Crippen molar-refractivity contribution in [3.63, 3.8) is 0 Å². The Morgan fingerprint density at radius 3 is 2.57 bits per heavy atom. The van der Waals surface area contributed by atoms with Gasteiger partial charge in [-0.15, -0.1) is 24.0 Å². The summed E-state index contributed by atoms with van der Waals surface area (Å²) in [5, 5.41) is 4.48. The van der Waals surface area contributed by atoms with Crippen LogP contribution >= 0.6 is 47.2 Å². The van der Waals surface area contributed by atoms with Crippen LogP contribution in [0.15, 0.2) is 23.2 Å². The number of nitrogens with zero attached hydrogens (tertiary/aromatic N) is 2. The van der Waals surface area contributed by atoms with Crippen LogP contribution in [-0.2, 0) is 11.3 Å². The molecule has 1 N–H and O–H groups in total. The monoisotopic (exact) mass is 471 g/mol. The van der Waals surface area contributed by atoms with E-state index in [0.717, 1.165) is 44.4 Å². The van der Waals surface area contributed by atoms with E-state index in [4.69, 9.17) is 32.9 Å². The van der Waals surface area contributed by atoms with Crippen molar-refractivity contribution in [1.29, 1.82) is 0 Å². The van der Waals surface area contributed by atoms with Crippen LogP contribution in [0.2, 0.25) is 10.0 Å². The smallest absolute Gasteiger partial charge is 0.193 e. The molecule has 1 heterocycles. The minimum atomic E-state index is 0. The number of nitrogens with one attached hydrogen (secondary N) is 1. The quantitative estimate of drug-likeness (QED) is 0.400. The lowest BCUT2D eigenvalue weighted by Crippen LogP contribution is -2.44. The van der Waals surface area contributed by atoms with Crippen molar-refractivity contribution in [1.82, 2.24) is 10.2 Å². The zero-order valence-electron chi connectivity index (χ0n) is 13.7. The first kappa shape index (κ1) is 20.8. The molecule has 0 radical (unpaired) electrons. The van der Waals surface area contributed by atoms with Crippen molar-refractivity contribution >= 4 is 53.1 Å². The molecule has 1 fully saturated rings. The zero-order chi connectivity index (χ0) is 16.2. The predicted molar refractivity (Wildman–Crippen MR) is 108 cm³/mol. The molecule has 1 aromatic carbocycles. The van der Waals surface area contributed by atoms with Crippen LogP contribution in [0.5, 0.6) is 0 Å². The van der Waals surface area contributed by atoms with E-state index in [1.807, 2.05) is 25.2 Å². The molecule has 7 heteroatoms. The van der Waals surface area contributed by atoms with Gasteiger partial charge in [0.1, 0.15) is 0 Å². The number of guanidine groups is 1. The van der Waals surface area contributed by atoms with Gasteiger partial charge in [0, 0.05) is 25.6 Å². The molecule has 4 nitrogen and oxygen atoms in total. The maximum Gasteiger partial charge on any atom is 0.193 e. The third-order valence-corrected chi connectivity index (χ3v) is 4.35. The molecule has 0 atom stereocenters. The average molecular weight is 472 g/mol. The minimum absolute atomic E-state index is 0. The molecular weight excluding hydrogens is 448 g/mol. The van der Waals surface area contributed by atoms with Gasteiger partial charge in [0.2, 0.25) is 0 Å². The summed E-state index contributed by atoms with van der Waals surface area (Å²) in [5.41, 5.74) is 1.27. The van der Waals surface area contributed by atoms with Crippen LogP contribution in [0, 0.1) is 5.41 Å². The molecule has 0 aromatic heterocycles. The molecule has 130 valence electrons. The standard InChI is InChI=1S/C16H23Cl2N3O.HI/c1-4-19-15(20-9-16(2)10-22-11-16)21(3)8-12-5-6-13(17)14(18)7-12;/h5-7H,4,8-11H2,1-3H3,(H,19,20);1H. The highest BCUT2D eigenvalue weighted by atomic mass is 127. The first-order chi connectivity index (χ1) is 10.4. The number of aliphatic imine (C=N–C) groups is 1. The third-order valence-electron chi connectivity index (χ3n) is 3.61. The van der Waals surface area contributed by atoms with Crippen molar-refractivity contribution < 1.29 is 4.74 Å². The van der Waals surface area contributed by atoms with E-state index in [0.29, 0.717) is 10.0 Å². The van der Waals surface area contributed by atoms with Gasteiger partial charge >= 0.3 is 0 Å². The van der Waals surface area contributed by atoms with Gasteiger partial charge in [0.05, 0.1) is 29.8 Å². The molecule has 0 spiro atoms. The van der Waals surface area contributed by atoms with Crippen molar-refractivity contribution in [2.45, 2.75) is 20.4 Å². The molecule has 1 saturated heterocycles. The molecular formula is C16H24Cl2IN3O. The minimum Gasteiger partial charge on any atom is -0.380 e. The van der Waals surface area contributed by atoms with Crippen molar-refractivity contribution in [3.05, 3.63) is 33.8 Å². The number of hydrogen-bond acceptors (Lipinski definition) is 2. The number of rotatable bonds is 5. The molecule has 0 amide bonds. The maximum atomic E-state index is 6.08. The van der Waals surface area contributed by atoms with Gasteiger partial charge in [-0.3, -0.25) is 4.99 Å². The lowest BCUT2D eigenvalue weighted by molar-refractivity contribution is -0.0946. The first-order valence-electron chi connectivity index (χ1n) is 7.45. The number of ether oxygens (including phenoxy) is 1. The highest BCUT2D eigenvalue weighted by Gasteiger charge is 2.33. The Morgan fingerprint density at radius 1 is 1.35 bits per heavy atom. The van der Waals surface area contributed by atoms with Gasteiger partial charge in [0.25, 0.3) is 0 Å². The van der Waals surface area contributed by atoms with Gasteiger partial charge in [-0.25, -0.2) is 0 Å². The summed E-state index contributed by atoms with van der Waals surface area (Å²) in [6.45, 7) is 8.15. The Kier molecular flexibility index (Phi) is 8.41. The summed E-state index contributed by atoms with van der Waals surface area (Å²) in [6, 6.07) is 5.70. The van der Waals surface area contributed by atoms with Gasteiger partial charge in [-0.2, -0.15) is 0 Å².